The smallest absolute Gasteiger partial charge is 0.154 e. The number of unbranched alkanes of at least 4 members (excludes halogenated alkanes) is 8. The lowest BCUT2D eigenvalue weighted by Crippen LogP contribution is -2.33. The molecule has 0 aliphatic carbocycles. The predicted molar refractivity (Wildman–Crippen MR) is 159 cm³/mol. The zero-order valence-electron chi connectivity index (χ0n) is 22.5. The molecule has 0 N–H and O–H groups in total. The number of ether oxygens (including phenoxy) is 2. The van der Waals surface area contributed by atoms with Gasteiger partial charge in [0.15, 0.2) is 6.29 Å². The Kier molecular flexibility index (Phi) is 13.3. The van der Waals surface area contributed by atoms with Crippen LogP contribution in [-0.4, -0.2) is 25.7 Å². The van der Waals surface area contributed by atoms with Crippen LogP contribution in [0.5, 0.6) is 0 Å². The molecule has 3 heteroatoms. The molecule has 1 unspecified atom stereocenters. The molecule has 0 heterocycles. The molecule has 0 aliphatic heterocycles. The van der Waals surface area contributed by atoms with Crippen LogP contribution in [0.1, 0.15) is 71.6 Å². The third-order valence-corrected chi connectivity index (χ3v) is 11.5. The van der Waals surface area contributed by atoms with E-state index in [0.29, 0.717) is 6.61 Å². The molecule has 0 radical (unpaired) electrons. The monoisotopic (exact) mass is 505 g/mol. The van der Waals surface area contributed by atoms with Crippen LogP contribution in [0.2, 0.25) is 0 Å². The molecular formula is C33H46O2P+. The molecule has 3 aromatic carbocycles. The van der Waals surface area contributed by atoms with Gasteiger partial charge in [0.1, 0.15) is 23.2 Å². The highest BCUT2D eigenvalue weighted by Gasteiger charge is 2.44. The normalized spacial score (nSPS) is 12.5. The second-order valence-corrected chi connectivity index (χ2v) is 13.2. The van der Waals surface area contributed by atoms with Crippen molar-refractivity contribution in [1.82, 2.24) is 0 Å². The first-order valence-corrected chi connectivity index (χ1v) is 16.0. The van der Waals surface area contributed by atoms with Gasteiger partial charge in [-0.1, -0.05) is 93.1 Å². The van der Waals surface area contributed by atoms with Crippen LogP contribution in [0.15, 0.2) is 91.0 Å². The second kappa shape index (κ2) is 16.7. The van der Waals surface area contributed by atoms with Crippen molar-refractivity contribution in [2.24, 2.45) is 0 Å². The zero-order chi connectivity index (χ0) is 25.3. The van der Waals surface area contributed by atoms with E-state index in [0.717, 1.165) is 13.0 Å². The Labute approximate surface area is 220 Å². The molecule has 1 atom stereocenters. The van der Waals surface area contributed by atoms with E-state index in [2.05, 4.69) is 91.0 Å². The molecule has 2 nitrogen and oxygen atoms in total. The van der Waals surface area contributed by atoms with Gasteiger partial charge in [-0.15, -0.1) is 0 Å². The van der Waals surface area contributed by atoms with Gasteiger partial charge < -0.3 is 9.47 Å². The average molecular weight is 506 g/mol. The van der Waals surface area contributed by atoms with Gasteiger partial charge >= 0.3 is 0 Å². The summed E-state index contributed by atoms with van der Waals surface area (Å²) in [6.45, 7) is 5.52. The van der Waals surface area contributed by atoms with E-state index in [1.165, 1.54) is 73.4 Å². The van der Waals surface area contributed by atoms with Gasteiger partial charge in [0.2, 0.25) is 0 Å². The molecule has 0 amide bonds. The van der Waals surface area contributed by atoms with Crippen LogP contribution in [-0.2, 0) is 9.47 Å². The molecule has 194 valence electrons. The van der Waals surface area contributed by atoms with Crippen molar-refractivity contribution >= 4 is 23.2 Å². The van der Waals surface area contributed by atoms with Crippen molar-refractivity contribution < 1.29 is 9.47 Å². The van der Waals surface area contributed by atoms with Gasteiger partial charge in [0.25, 0.3) is 0 Å². The fourth-order valence-electron chi connectivity index (χ4n) is 5.10. The third kappa shape index (κ3) is 8.84. The summed E-state index contributed by atoms with van der Waals surface area (Å²) in [7, 11) is -1.66. The van der Waals surface area contributed by atoms with Crippen LogP contribution in [0, 0.1) is 0 Å². The molecule has 0 spiro atoms. The largest absolute Gasteiger partial charge is 0.353 e. The van der Waals surface area contributed by atoms with E-state index < -0.39 is 7.26 Å². The average Bonchev–Trinajstić information content (AvgIpc) is 2.93. The van der Waals surface area contributed by atoms with Gasteiger partial charge in [-0.05, 0) is 69.5 Å². The Morgan fingerprint density at radius 3 is 1.33 bits per heavy atom. The van der Waals surface area contributed by atoms with E-state index >= 15 is 0 Å². The highest BCUT2D eigenvalue weighted by molar-refractivity contribution is 7.95. The van der Waals surface area contributed by atoms with Gasteiger partial charge in [-0.3, -0.25) is 0 Å². The highest BCUT2D eigenvalue weighted by atomic mass is 31.2. The highest BCUT2D eigenvalue weighted by Crippen LogP contribution is 2.55. The minimum Gasteiger partial charge on any atom is -0.353 e. The summed E-state index contributed by atoms with van der Waals surface area (Å²) < 4.78 is 11.1. The Balaban J connectivity index is 1.47. The summed E-state index contributed by atoms with van der Waals surface area (Å²) in [6, 6.07) is 33.8. The number of benzene rings is 3. The lowest BCUT2D eigenvalue weighted by molar-refractivity contribution is -0.127. The maximum absolute atomic E-state index is 5.66. The standard InChI is InChI=1S/C33H46O2P/c1-3-34-30(2)35-28-20-9-7-5-4-6-8-10-21-29-36(31-22-14-11-15-23-31,32-24-16-12-17-25-32)33-26-18-13-19-27-33/h11-19,22-27,30H,3-10,20-21,28-29H2,1-2H3/q+1. The van der Waals surface area contributed by atoms with Gasteiger partial charge in [-0.25, -0.2) is 0 Å². The molecule has 0 saturated carbocycles. The Hall–Kier alpha value is -1.99. The van der Waals surface area contributed by atoms with E-state index in [4.69, 9.17) is 9.47 Å². The first-order chi connectivity index (χ1) is 17.8. The Morgan fingerprint density at radius 1 is 0.528 bits per heavy atom. The van der Waals surface area contributed by atoms with Crippen LogP contribution in [0.3, 0.4) is 0 Å². The molecule has 3 rings (SSSR count). The van der Waals surface area contributed by atoms with Gasteiger partial charge in [0, 0.05) is 13.2 Å². The maximum Gasteiger partial charge on any atom is 0.154 e. The van der Waals surface area contributed by atoms with Crippen molar-refractivity contribution in [3.05, 3.63) is 91.0 Å². The Bertz CT molecular complexity index is 833. The van der Waals surface area contributed by atoms with Crippen molar-refractivity contribution in [3.63, 3.8) is 0 Å². The van der Waals surface area contributed by atoms with E-state index in [9.17, 15) is 0 Å². The zero-order valence-corrected chi connectivity index (χ0v) is 23.4. The SMILES string of the molecule is CCOC(C)OCCCCCCCCCCC[P+](c1ccccc1)(c1ccccc1)c1ccccc1. The first kappa shape index (κ1) is 28.6. The molecule has 3 aromatic rings. The van der Waals surface area contributed by atoms with Crippen LogP contribution < -0.4 is 15.9 Å². The minimum atomic E-state index is -1.66. The Morgan fingerprint density at radius 2 is 0.917 bits per heavy atom. The van der Waals surface area contributed by atoms with E-state index in [1.54, 1.807) is 0 Å². The van der Waals surface area contributed by atoms with Gasteiger partial charge in [0.05, 0.1) is 6.16 Å². The molecular weight excluding hydrogens is 459 g/mol. The first-order valence-electron chi connectivity index (χ1n) is 14.1. The van der Waals surface area contributed by atoms with E-state index in [1.807, 2.05) is 13.8 Å². The fourth-order valence-corrected chi connectivity index (χ4v) is 9.51. The lowest BCUT2D eigenvalue weighted by atomic mass is 10.1. The second-order valence-electron chi connectivity index (χ2n) is 9.62. The quantitative estimate of drug-likeness (QED) is 0.0994. The topological polar surface area (TPSA) is 18.5 Å². The minimum absolute atomic E-state index is 0.0677. The van der Waals surface area contributed by atoms with Crippen LogP contribution >= 0.6 is 7.26 Å². The molecule has 0 saturated heterocycles. The van der Waals surface area contributed by atoms with E-state index in [-0.39, 0.29) is 6.29 Å². The number of hydrogen-bond donors (Lipinski definition) is 0. The summed E-state index contributed by atoms with van der Waals surface area (Å²) in [5.41, 5.74) is 0. The molecule has 0 fully saturated rings. The summed E-state index contributed by atoms with van der Waals surface area (Å²) in [5, 5.41) is 4.51. The fraction of sp³-hybridized carbons (Fsp3) is 0.455. The summed E-state index contributed by atoms with van der Waals surface area (Å²) in [4.78, 5) is 0. The molecule has 0 aliphatic rings. The summed E-state index contributed by atoms with van der Waals surface area (Å²) in [6.07, 6.45) is 12.9. The maximum atomic E-state index is 5.66. The number of hydrogen-bond acceptors (Lipinski definition) is 2. The van der Waals surface area contributed by atoms with Crippen molar-refractivity contribution in [2.45, 2.75) is 77.9 Å². The third-order valence-electron chi connectivity index (χ3n) is 6.98. The predicted octanol–water partition coefficient (Wildman–Crippen LogP) is 7.89. The molecule has 36 heavy (non-hydrogen) atoms. The van der Waals surface area contributed by atoms with Crippen molar-refractivity contribution in [3.8, 4) is 0 Å². The molecule has 0 bridgehead atoms. The lowest BCUT2D eigenvalue weighted by Gasteiger charge is -2.27. The van der Waals surface area contributed by atoms with Gasteiger partial charge in [-0.2, -0.15) is 0 Å². The van der Waals surface area contributed by atoms with Crippen molar-refractivity contribution in [1.29, 1.82) is 0 Å². The molecule has 0 aromatic heterocycles. The van der Waals surface area contributed by atoms with Crippen molar-refractivity contribution in [2.75, 3.05) is 19.4 Å². The summed E-state index contributed by atoms with van der Waals surface area (Å²) in [5.74, 6) is 0. The van der Waals surface area contributed by atoms with Crippen LogP contribution in [0.4, 0.5) is 0 Å². The number of rotatable bonds is 18. The summed E-state index contributed by atoms with van der Waals surface area (Å²) >= 11 is 0. The van der Waals surface area contributed by atoms with Crippen LogP contribution in [0.25, 0.3) is 0 Å².